The van der Waals surface area contributed by atoms with Crippen molar-refractivity contribution in [1.29, 1.82) is 0 Å². The summed E-state index contributed by atoms with van der Waals surface area (Å²) >= 11 is 0. The van der Waals surface area contributed by atoms with Crippen molar-refractivity contribution in [2.75, 3.05) is 11.9 Å². The number of anilines is 1. The van der Waals surface area contributed by atoms with Crippen LogP contribution in [-0.2, 0) is 0 Å². The van der Waals surface area contributed by atoms with E-state index >= 15 is 0 Å². The molecule has 5 nitrogen and oxygen atoms in total. The zero-order chi connectivity index (χ0) is 11.4. The number of rotatable bonds is 4. The van der Waals surface area contributed by atoms with E-state index in [-0.39, 0.29) is 18.3 Å². The summed E-state index contributed by atoms with van der Waals surface area (Å²) in [4.78, 5) is 10.1. The summed E-state index contributed by atoms with van der Waals surface area (Å²) in [5.74, 6) is 0. The third-order valence-electron chi connectivity index (χ3n) is 2.11. The fourth-order valence-corrected chi connectivity index (χ4v) is 1.19. The quantitative estimate of drug-likeness (QED) is 0.585. The van der Waals surface area contributed by atoms with Crippen LogP contribution in [0.25, 0.3) is 0 Å². The molecular formula is C10H14N2O3. The van der Waals surface area contributed by atoms with Gasteiger partial charge in [-0.1, -0.05) is 6.07 Å². The Kier molecular flexibility index (Phi) is 3.62. The molecule has 0 fully saturated rings. The fourth-order valence-electron chi connectivity index (χ4n) is 1.19. The minimum atomic E-state index is -0.436. The molecule has 0 amide bonds. The predicted molar refractivity (Wildman–Crippen MR) is 58.0 cm³/mol. The van der Waals surface area contributed by atoms with E-state index in [0.717, 1.165) is 5.56 Å². The SMILES string of the molecule is Cc1ccc([N+](=O)[O-])cc1NC(C)CO. The molecule has 1 unspecified atom stereocenters. The number of aliphatic hydroxyl groups excluding tert-OH is 1. The molecule has 0 aliphatic carbocycles. The number of benzene rings is 1. The minimum absolute atomic E-state index is 0.0118. The van der Waals surface area contributed by atoms with Gasteiger partial charge in [0, 0.05) is 23.9 Å². The molecule has 0 aromatic heterocycles. The van der Waals surface area contributed by atoms with Crippen molar-refractivity contribution in [1.82, 2.24) is 0 Å². The molecule has 0 spiro atoms. The van der Waals surface area contributed by atoms with Crippen molar-refractivity contribution in [3.63, 3.8) is 0 Å². The second kappa shape index (κ2) is 4.75. The van der Waals surface area contributed by atoms with Crippen molar-refractivity contribution >= 4 is 11.4 Å². The molecule has 1 aromatic rings. The molecule has 2 N–H and O–H groups in total. The summed E-state index contributed by atoms with van der Waals surface area (Å²) < 4.78 is 0. The predicted octanol–water partition coefficient (Wildman–Crippen LogP) is 1.70. The molecule has 1 atom stereocenters. The summed E-state index contributed by atoms with van der Waals surface area (Å²) in [6.45, 7) is 3.65. The fraction of sp³-hybridized carbons (Fsp3) is 0.400. The van der Waals surface area contributed by atoms with Crippen LogP contribution in [0.4, 0.5) is 11.4 Å². The first-order valence-corrected chi connectivity index (χ1v) is 4.67. The van der Waals surface area contributed by atoms with E-state index in [1.54, 1.807) is 13.0 Å². The van der Waals surface area contributed by atoms with Gasteiger partial charge in [-0.2, -0.15) is 0 Å². The van der Waals surface area contributed by atoms with E-state index in [2.05, 4.69) is 5.32 Å². The summed E-state index contributed by atoms with van der Waals surface area (Å²) in [5.41, 5.74) is 1.65. The minimum Gasteiger partial charge on any atom is -0.394 e. The maximum Gasteiger partial charge on any atom is 0.271 e. The van der Waals surface area contributed by atoms with Gasteiger partial charge < -0.3 is 10.4 Å². The number of nitrogens with zero attached hydrogens (tertiary/aromatic N) is 1. The van der Waals surface area contributed by atoms with Crippen LogP contribution in [0, 0.1) is 17.0 Å². The van der Waals surface area contributed by atoms with E-state index < -0.39 is 4.92 Å². The number of hydrogen-bond acceptors (Lipinski definition) is 4. The van der Waals surface area contributed by atoms with Crippen LogP contribution in [0.5, 0.6) is 0 Å². The van der Waals surface area contributed by atoms with Crippen LogP contribution < -0.4 is 5.32 Å². The van der Waals surface area contributed by atoms with Crippen molar-refractivity contribution < 1.29 is 10.0 Å². The number of hydrogen-bond donors (Lipinski definition) is 2. The van der Waals surface area contributed by atoms with Gasteiger partial charge in [-0.05, 0) is 19.4 Å². The lowest BCUT2D eigenvalue weighted by Gasteiger charge is -2.14. The van der Waals surface area contributed by atoms with Gasteiger partial charge in [-0.3, -0.25) is 10.1 Å². The van der Waals surface area contributed by atoms with Gasteiger partial charge in [0.25, 0.3) is 5.69 Å². The monoisotopic (exact) mass is 210 g/mol. The van der Waals surface area contributed by atoms with Gasteiger partial charge in [0.15, 0.2) is 0 Å². The highest BCUT2D eigenvalue weighted by Crippen LogP contribution is 2.22. The zero-order valence-electron chi connectivity index (χ0n) is 8.73. The first-order chi connectivity index (χ1) is 7.04. The molecule has 5 heteroatoms. The van der Waals surface area contributed by atoms with Crippen molar-refractivity contribution in [3.05, 3.63) is 33.9 Å². The van der Waals surface area contributed by atoms with E-state index in [9.17, 15) is 10.1 Å². The first-order valence-electron chi connectivity index (χ1n) is 4.67. The molecule has 0 saturated heterocycles. The summed E-state index contributed by atoms with van der Waals surface area (Å²) in [6, 6.07) is 4.50. The molecule has 0 saturated carbocycles. The second-order valence-corrected chi connectivity index (χ2v) is 3.48. The topological polar surface area (TPSA) is 75.4 Å². The number of nitro groups is 1. The first kappa shape index (κ1) is 11.5. The highest BCUT2D eigenvalue weighted by molar-refractivity contribution is 5.57. The van der Waals surface area contributed by atoms with Gasteiger partial charge in [0.1, 0.15) is 0 Å². The molecule has 15 heavy (non-hydrogen) atoms. The smallest absolute Gasteiger partial charge is 0.271 e. The number of non-ortho nitro benzene ring substituents is 1. The lowest BCUT2D eigenvalue weighted by atomic mass is 10.1. The molecule has 0 aliphatic rings. The molecule has 82 valence electrons. The Labute approximate surface area is 87.9 Å². The number of nitrogens with one attached hydrogen (secondary N) is 1. The van der Waals surface area contributed by atoms with Gasteiger partial charge in [-0.25, -0.2) is 0 Å². The molecule has 0 bridgehead atoms. The Morgan fingerprint density at radius 1 is 1.60 bits per heavy atom. The Morgan fingerprint density at radius 2 is 2.27 bits per heavy atom. The molecule has 0 aliphatic heterocycles. The van der Waals surface area contributed by atoms with E-state index in [1.807, 2.05) is 6.92 Å². The van der Waals surface area contributed by atoms with Crippen molar-refractivity contribution in [3.8, 4) is 0 Å². The zero-order valence-corrected chi connectivity index (χ0v) is 8.73. The van der Waals surface area contributed by atoms with Crippen LogP contribution in [0.1, 0.15) is 12.5 Å². The number of aliphatic hydroxyl groups is 1. The van der Waals surface area contributed by atoms with Crippen molar-refractivity contribution in [2.45, 2.75) is 19.9 Å². The van der Waals surface area contributed by atoms with Gasteiger partial charge in [0.2, 0.25) is 0 Å². The average Bonchev–Trinajstić information content (AvgIpc) is 2.20. The molecule has 1 rings (SSSR count). The van der Waals surface area contributed by atoms with E-state index in [4.69, 9.17) is 5.11 Å². The summed E-state index contributed by atoms with van der Waals surface area (Å²) in [6.07, 6.45) is 0. The van der Waals surface area contributed by atoms with E-state index in [1.165, 1.54) is 12.1 Å². The number of nitro benzene ring substituents is 1. The lowest BCUT2D eigenvalue weighted by Crippen LogP contribution is -2.19. The summed E-state index contributed by atoms with van der Waals surface area (Å²) in [5, 5.41) is 22.4. The van der Waals surface area contributed by atoms with Gasteiger partial charge in [-0.15, -0.1) is 0 Å². The van der Waals surface area contributed by atoms with Crippen LogP contribution in [-0.4, -0.2) is 22.7 Å². The third kappa shape index (κ3) is 2.92. The maximum absolute atomic E-state index is 10.5. The third-order valence-corrected chi connectivity index (χ3v) is 2.11. The Morgan fingerprint density at radius 3 is 2.80 bits per heavy atom. The largest absolute Gasteiger partial charge is 0.394 e. The van der Waals surface area contributed by atoms with Crippen LogP contribution in [0.3, 0.4) is 0 Å². The molecule has 1 aromatic carbocycles. The highest BCUT2D eigenvalue weighted by Gasteiger charge is 2.09. The summed E-state index contributed by atoms with van der Waals surface area (Å²) in [7, 11) is 0. The van der Waals surface area contributed by atoms with Crippen LogP contribution >= 0.6 is 0 Å². The highest BCUT2D eigenvalue weighted by atomic mass is 16.6. The van der Waals surface area contributed by atoms with Crippen LogP contribution in [0.2, 0.25) is 0 Å². The second-order valence-electron chi connectivity index (χ2n) is 3.48. The molecular weight excluding hydrogens is 196 g/mol. The standard InChI is InChI=1S/C10H14N2O3/c1-7-3-4-9(12(14)15)5-10(7)11-8(2)6-13/h3-5,8,11,13H,6H2,1-2H3. The normalized spacial score (nSPS) is 12.2. The Balaban J connectivity index is 2.95. The van der Waals surface area contributed by atoms with Gasteiger partial charge >= 0.3 is 0 Å². The number of aryl methyl sites for hydroxylation is 1. The Hall–Kier alpha value is -1.62. The Bertz CT molecular complexity index is 366. The van der Waals surface area contributed by atoms with Crippen molar-refractivity contribution in [2.24, 2.45) is 0 Å². The molecule has 0 heterocycles. The van der Waals surface area contributed by atoms with Gasteiger partial charge in [0.05, 0.1) is 11.5 Å². The molecule has 0 radical (unpaired) electrons. The average molecular weight is 210 g/mol. The van der Waals surface area contributed by atoms with E-state index in [0.29, 0.717) is 5.69 Å². The van der Waals surface area contributed by atoms with Crippen LogP contribution in [0.15, 0.2) is 18.2 Å². The lowest BCUT2D eigenvalue weighted by molar-refractivity contribution is -0.384. The maximum atomic E-state index is 10.5.